The van der Waals surface area contributed by atoms with E-state index in [1.165, 1.54) is 18.2 Å². The minimum Gasteiger partial charge on any atom is -0.484 e. The molecule has 0 aliphatic heterocycles. The van der Waals surface area contributed by atoms with Gasteiger partial charge in [-0.2, -0.15) is 5.26 Å². The molecular formula is C24H19FN4O4. The molecule has 0 saturated carbocycles. The molecule has 3 aromatic carbocycles. The maximum absolute atomic E-state index is 13.5. The topological polar surface area (TPSA) is 120 Å². The molecule has 33 heavy (non-hydrogen) atoms. The third-order valence-corrected chi connectivity index (χ3v) is 4.44. The summed E-state index contributed by atoms with van der Waals surface area (Å²) in [6, 6.07) is 21.6. The molecule has 9 heteroatoms. The van der Waals surface area contributed by atoms with Gasteiger partial charge in [0.1, 0.15) is 11.6 Å². The highest BCUT2D eigenvalue weighted by molar-refractivity contribution is 5.96. The number of nitriles is 1. The fourth-order valence-electron chi connectivity index (χ4n) is 2.75. The summed E-state index contributed by atoms with van der Waals surface area (Å²) in [4.78, 5) is 35.5. The van der Waals surface area contributed by atoms with Gasteiger partial charge in [0.25, 0.3) is 17.7 Å². The Hall–Kier alpha value is -4.71. The van der Waals surface area contributed by atoms with Gasteiger partial charge in [-0.15, -0.1) is 0 Å². The van der Waals surface area contributed by atoms with Crippen LogP contribution in [0, 0.1) is 17.1 Å². The molecule has 0 spiro atoms. The predicted molar refractivity (Wildman–Crippen MR) is 117 cm³/mol. The normalized spacial score (nSPS) is 9.94. The molecule has 166 valence electrons. The molecule has 3 amide bonds. The summed E-state index contributed by atoms with van der Waals surface area (Å²) in [6.45, 7) is -0.802. The Balaban J connectivity index is 1.39. The van der Waals surface area contributed by atoms with E-state index in [0.717, 1.165) is 17.2 Å². The Kier molecular flexibility index (Phi) is 7.70. The van der Waals surface area contributed by atoms with Crippen molar-refractivity contribution in [2.75, 3.05) is 13.2 Å². The average Bonchev–Trinajstić information content (AvgIpc) is 2.85. The molecule has 3 N–H and O–H groups in total. The summed E-state index contributed by atoms with van der Waals surface area (Å²) in [5.74, 6) is -2.31. The van der Waals surface area contributed by atoms with E-state index in [2.05, 4.69) is 22.2 Å². The predicted octanol–water partition coefficient (Wildman–Crippen LogP) is 2.32. The zero-order valence-corrected chi connectivity index (χ0v) is 17.3. The maximum atomic E-state index is 13.5. The van der Waals surface area contributed by atoms with E-state index in [0.29, 0.717) is 11.3 Å². The third-order valence-electron chi connectivity index (χ3n) is 4.44. The number of carbonyl (C=O) groups excluding carboxylic acids is 3. The molecule has 0 fully saturated rings. The molecule has 3 rings (SSSR count). The number of rotatable bonds is 7. The average molecular weight is 446 g/mol. The first-order chi connectivity index (χ1) is 16.0. The van der Waals surface area contributed by atoms with Crippen molar-refractivity contribution in [1.82, 2.24) is 16.2 Å². The molecule has 0 bridgehead atoms. The highest BCUT2D eigenvalue weighted by Gasteiger charge is 2.12. The van der Waals surface area contributed by atoms with Crippen molar-refractivity contribution in [3.63, 3.8) is 0 Å². The number of hydrazine groups is 1. The van der Waals surface area contributed by atoms with Crippen molar-refractivity contribution >= 4 is 17.7 Å². The van der Waals surface area contributed by atoms with Crippen molar-refractivity contribution in [3.8, 4) is 22.9 Å². The van der Waals surface area contributed by atoms with Crippen molar-refractivity contribution in [2.45, 2.75) is 0 Å². The second kappa shape index (κ2) is 11.1. The first-order valence-corrected chi connectivity index (χ1v) is 9.80. The zero-order chi connectivity index (χ0) is 23.6. The quantitative estimate of drug-likeness (QED) is 0.481. The number of hydrogen-bond acceptors (Lipinski definition) is 5. The van der Waals surface area contributed by atoms with Gasteiger partial charge in [-0.25, -0.2) is 4.39 Å². The summed E-state index contributed by atoms with van der Waals surface area (Å²) >= 11 is 0. The molecule has 0 saturated heterocycles. The van der Waals surface area contributed by atoms with Gasteiger partial charge < -0.3 is 10.1 Å². The van der Waals surface area contributed by atoms with Crippen molar-refractivity contribution < 1.29 is 23.5 Å². The molecule has 0 atom stereocenters. The number of benzene rings is 3. The van der Waals surface area contributed by atoms with Crippen molar-refractivity contribution in [2.24, 2.45) is 0 Å². The summed E-state index contributed by atoms with van der Waals surface area (Å²) in [6.07, 6.45) is 0. The summed E-state index contributed by atoms with van der Waals surface area (Å²) in [7, 11) is 0. The second-order valence-corrected chi connectivity index (χ2v) is 6.76. The molecule has 0 aliphatic rings. The van der Waals surface area contributed by atoms with Gasteiger partial charge in [0, 0.05) is 0 Å². The van der Waals surface area contributed by atoms with E-state index in [9.17, 15) is 18.8 Å². The Morgan fingerprint density at radius 1 is 0.848 bits per heavy atom. The molecule has 0 unspecified atom stereocenters. The Morgan fingerprint density at radius 2 is 1.45 bits per heavy atom. The van der Waals surface area contributed by atoms with E-state index in [4.69, 9.17) is 10.00 Å². The van der Waals surface area contributed by atoms with Crippen LogP contribution in [0.25, 0.3) is 11.1 Å². The van der Waals surface area contributed by atoms with Crippen LogP contribution in [0.15, 0.2) is 72.8 Å². The second-order valence-electron chi connectivity index (χ2n) is 6.76. The number of hydrogen-bond donors (Lipinski definition) is 3. The van der Waals surface area contributed by atoms with Crippen LogP contribution in [0.3, 0.4) is 0 Å². The summed E-state index contributed by atoms with van der Waals surface area (Å²) in [5.41, 5.74) is 6.53. The van der Waals surface area contributed by atoms with Crippen LogP contribution in [0.1, 0.15) is 15.9 Å². The van der Waals surface area contributed by atoms with Crippen LogP contribution in [0.2, 0.25) is 0 Å². The van der Waals surface area contributed by atoms with Crippen molar-refractivity contribution in [1.29, 1.82) is 5.26 Å². The Bertz CT molecular complexity index is 1190. The van der Waals surface area contributed by atoms with Crippen LogP contribution in [-0.2, 0) is 9.59 Å². The lowest BCUT2D eigenvalue weighted by Gasteiger charge is -2.10. The van der Waals surface area contributed by atoms with Gasteiger partial charge in [0.15, 0.2) is 6.61 Å². The lowest BCUT2D eigenvalue weighted by atomic mass is 10.0. The molecule has 0 aromatic heterocycles. The molecule has 0 radical (unpaired) electrons. The van der Waals surface area contributed by atoms with Gasteiger partial charge in [-0.05, 0) is 47.5 Å². The number of ether oxygens (including phenoxy) is 1. The summed E-state index contributed by atoms with van der Waals surface area (Å²) in [5, 5.41) is 11.1. The van der Waals surface area contributed by atoms with E-state index >= 15 is 0 Å². The van der Waals surface area contributed by atoms with E-state index in [-0.39, 0.29) is 12.2 Å². The molecule has 3 aromatic rings. The number of amides is 3. The highest BCUT2D eigenvalue weighted by atomic mass is 19.1. The van der Waals surface area contributed by atoms with Crippen LogP contribution in [0.4, 0.5) is 4.39 Å². The first-order valence-electron chi connectivity index (χ1n) is 9.80. The van der Waals surface area contributed by atoms with Crippen LogP contribution >= 0.6 is 0 Å². The smallest absolute Gasteiger partial charge is 0.276 e. The van der Waals surface area contributed by atoms with Crippen LogP contribution in [-0.4, -0.2) is 30.9 Å². The van der Waals surface area contributed by atoms with Gasteiger partial charge in [-0.1, -0.05) is 36.4 Å². The Morgan fingerprint density at radius 3 is 2.09 bits per heavy atom. The highest BCUT2D eigenvalue weighted by Crippen LogP contribution is 2.22. The molecular weight excluding hydrogens is 427 g/mol. The maximum Gasteiger partial charge on any atom is 0.276 e. The molecule has 0 aliphatic carbocycles. The van der Waals surface area contributed by atoms with Gasteiger partial charge in [0.2, 0.25) is 0 Å². The first kappa shape index (κ1) is 23.0. The van der Waals surface area contributed by atoms with E-state index < -0.39 is 30.1 Å². The standard InChI is InChI=1S/C24H19FN4O4/c25-21-4-2-1-3-20(21)24(32)27-14-22(30)28-29-23(31)15-33-19-11-9-18(10-12-19)17-7-5-16(13-26)6-8-17/h1-12H,14-15H2,(H,27,32)(H,28,30)(H,29,31). The van der Waals surface area contributed by atoms with Gasteiger partial charge >= 0.3 is 0 Å². The Labute approximate surface area is 189 Å². The largest absolute Gasteiger partial charge is 0.484 e. The summed E-state index contributed by atoms with van der Waals surface area (Å²) < 4.78 is 18.9. The number of nitrogens with one attached hydrogen (secondary N) is 3. The molecule has 0 heterocycles. The minimum atomic E-state index is -0.748. The fraction of sp³-hybridized carbons (Fsp3) is 0.0833. The van der Waals surface area contributed by atoms with Gasteiger partial charge in [-0.3, -0.25) is 25.2 Å². The van der Waals surface area contributed by atoms with Crippen LogP contribution in [0.5, 0.6) is 5.75 Å². The minimum absolute atomic E-state index is 0.187. The SMILES string of the molecule is N#Cc1ccc(-c2ccc(OCC(=O)NNC(=O)CNC(=O)c3ccccc3F)cc2)cc1. The fourth-order valence-corrected chi connectivity index (χ4v) is 2.75. The number of nitrogens with zero attached hydrogens (tertiary/aromatic N) is 1. The zero-order valence-electron chi connectivity index (χ0n) is 17.3. The number of halogens is 1. The third kappa shape index (κ3) is 6.63. The van der Waals surface area contributed by atoms with E-state index in [1.54, 1.807) is 24.3 Å². The lowest BCUT2D eigenvalue weighted by molar-refractivity contribution is -0.129. The van der Waals surface area contributed by atoms with Crippen LogP contribution < -0.4 is 20.9 Å². The van der Waals surface area contributed by atoms with Crippen molar-refractivity contribution in [3.05, 3.63) is 89.7 Å². The lowest BCUT2D eigenvalue weighted by Crippen LogP contribution is -2.47. The van der Waals surface area contributed by atoms with Gasteiger partial charge in [0.05, 0.1) is 23.7 Å². The number of carbonyl (C=O) groups is 3. The molecule has 8 nitrogen and oxygen atoms in total. The monoisotopic (exact) mass is 446 g/mol. The van der Waals surface area contributed by atoms with E-state index in [1.807, 2.05) is 24.3 Å².